The van der Waals surface area contributed by atoms with Gasteiger partial charge in [-0.3, -0.25) is 0 Å². The molecule has 0 saturated carbocycles. The van der Waals surface area contributed by atoms with Crippen LogP contribution in [-0.2, 0) is 0 Å². The first-order chi connectivity index (χ1) is 8.24. The number of fused-ring (bicyclic) bond motifs is 1. The van der Waals surface area contributed by atoms with Gasteiger partial charge >= 0.3 is 0 Å². The highest BCUT2D eigenvalue weighted by Gasteiger charge is 2.08. The van der Waals surface area contributed by atoms with E-state index in [0.29, 0.717) is 5.82 Å². The summed E-state index contributed by atoms with van der Waals surface area (Å²) in [5, 5.41) is 5.05. The number of aryl methyl sites for hydroxylation is 1. The van der Waals surface area contributed by atoms with Crippen molar-refractivity contribution < 1.29 is 0 Å². The van der Waals surface area contributed by atoms with Gasteiger partial charge < -0.3 is 0 Å². The van der Waals surface area contributed by atoms with Crippen molar-refractivity contribution in [2.45, 2.75) is 6.92 Å². The van der Waals surface area contributed by atoms with Gasteiger partial charge in [0.15, 0.2) is 5.82 Å². The minimum atomic E-state index is 0.713. The minimum absolute atomic E-state index is 0.713. The molecular weight excluding hydrogens is 282 g/mol. The molecular formula is C11H8BrN5. The topological polar surface area (TPSA) is 56.5 Å². The van der Waals surface area contributed by atoms with E-state index in [1.807, 2.05) is 25.1 Å². The fourth-order valence-electron chi connectivity index (χ4n) is 1.69. The van der Waals surface area contributed by atoms with Crippen molar-refractivity contribution in [1.82, 2.24) is 24.7 Å². The number of benzene rings is 1. The largest absolute Gasteiger partial charge is 0.233 e. The van der Waals surface area contributed by atoms with Crippen LogP contribution in [0.4, 0.5) is 0 Å². The molecule has 3 rings (SSSR count). The van der Waals surface area contributed by atoms with Crippen molar-refractivity contribution in [2.24, 2.45) is 0 Å². The zero-order valence-corrected chi connectivity index (χ0v) is 10.6. The second-order valence-electron chi connectivity index (χ2n) is 3.60. The second kappa shape index (κ2) is 3.89. The normalized spacial score (nSPS) is 10.9. The quantitative estimate of drug-likeness (QED) is 0.690. The lowest BCUT2D eigenvalue weighted by Crippen LogP contribution is -2.02. The smallest absolute Gasteiger partial charge is 0.166 e. The van der Waals surface area contributed by atoms with Crippen molar-refractivity contribution in [3.05, 3.63) is 41.2 Å². The molecule has 0 radical (unpaired) electrons. The average Bonchev–Trinajstić information content (AvgIpc) is 2.82. The van der Waals surface area contributed by atoms with Crippen LogP contribution < -0.4 is 0 Å². The summed E-state index contributed by atoms with van der Waals surface area (Å²) in [6.45, 7) is 1.86. The van der Waals surface area contributed by atoms with Crippen molar-refractivity contribution in [1.29, 1.82) is 0 Å². The van der Waals surface area contributed by atoms with Gasteiger partial charge in [0.05, 0.1) is 5.52 Å². The Morgan fingerprint density at radius 1 is 1.24 bits per heavy atom. The van der Waals surface area contributed by atoms with Crippen LogP contribution in [0.3, 0.4) is 0 Å². The van der Waals surface area contributed by atoms with E-state index in [2.05, 4.69) is 36.0 Å². The van der Waals surface area contributed by atoms with Crippen LogP contribution in [0.15, 0.2) is 35.3 Å². The van der Waals surface area contributed by atoms with Gasteiger partial charge in [0.2, 0.25) is 0 Å². The lowest BCUT2D eigenvalue weighted by atomic mass is 10.2. The number of hydrogen-bond donors (Lipinski definition) is 0. The third kappa shape index (κ3) is 1.80. The van der Waals surface area contributed by atoms with E-state index in [4.69, 9.17) is 0 Å². The van der Waals surface area contributed by atoms with Crippen LogP contribution in [0.25, 0.3) is 16.7 Å². The summed E-state index contributed by atoms with van der Waals surface area (Å²) in [5.41, 5.74) is 0.895. The summed E-state index contributed by atoms with van der Waals surface area (Å²) in [6, 6.07) is 5.89. The first kappa shape index (κ1) is 10.3. The van der Waals surface area contributed by atoms with Crippen LogP contribution >= 0.6 is 15.9 Å². The Kier molecular flexibility index (Phi) is 2.36. The number of rotatable bonds is 1. The first-order valence-electron chi connectivity index (χ1n) is 5.03. The van der Waals surface area contributed by atoms with Gasteiger partial charge in [0, 0.05) is 9.86 Å². The van der Waals surface area contributed by atoms with E-state index < -0.39 is 0 Å². The zero-order valence-electron chi connectivity index (χ0n) is 9.00. The van der Waals surface area contributed by atoms with Gasteiger partial charge in [0.25, 0.3) is 0 Å². The Morgan fingerprint density at radius 3 is 2.88 bits per heavy atom. The highest BCUT2D eigenvalue weighted by Crippen LogP contribution is 2.22. The lowest BCUT2D eigenvalue weighted by Gasteiger charge is -2.06. The molecule has 0 aliphatic heterocycles. The van der Waals surface area contributed by atoms with Crippen molar-refractivity contribution in [3.63, 3.8) is 0 Å². The third-order valence-corrected chi connectivity index (χ3v) is 2.88. The molecule has 0 atom stereocenters. The SMILES string of the molecule is Cc1nc(-n2cncn2)c2cc(Br)ccc2n1. The Labute approximate surface area is 106 Å². The molecule has 0 saturated heterocycles. The van der Waals surface area contributed by atoms with Crippen LogP contribution in [0.5, 0.6) is 0 Å². The Morgan fingerprint density at radius 2 is 2.12 bits per heavy atom. The van der Waals surface area contributed by atoms with Gasteiger partial charge in [-0.05, 0) is 25.1 Å². The van der Waals surface area contributed by atoms with Gasteiger partial charge in [-0.1, -0.05) is 15.9 Å². The first-order valence-corrected chi connectivity index (χ1v) is 5.82. The molecule has 3 aromatic rings. The summed E-state index contributed by atoms with van der Waals surface area (Å²) in [5.74, 6) is 1.46. The second-order valence-corrected chi connectivity index (χ2v) is 4.51. The number of hydrogen-bond acceptors (Lipinski definition) is 4. The summed E-state index contributed by atoms with van der Waals surface area (Å²) < 4.78 is 2.63. The highest BCUT2D eigenvalue weighted by molar-refractivity contribution is 9.10. The molecule has 0 amide bonds. The molecule has 0 fully saturated rings. The molecule has 0 aliphatic carbocycles. The molecule has 2 aromatic heterocycles. The van der Waals surface area contributed by atoms with Crippen LogP contribution in [0.1, 0.15) is 5.82 Å². The Hall–Kier alpha value is -1.82. The molecule has 17 heavy (non-hydrogen) atoms. The molecule has 0 N–H and O–H groups in total. The maximum absolute atomic E-state index is 4.41. The summed E-state index contributed by atoms with van der Waals surface area (Å²) in [4.78, 5) is 12.7. The van der Waals surface area contributed by atoms with Crippen molar-refractivity contribution in [2.75, 3.05) is 0 Å². The lowest BCUT2D eigenvalue weighted by molar-refractivity contribution is 0.840. The minimum Gasteiger partial charge on any atom is -0.233 e. The van der Waals surface area contributed by atoms with E-state index in [1.165, 1.54) is 6.33 Å². The van der Waals surface area contributed by atoms with Gasteiger partial charge in [-0.25, -0.2) is 19.6 Å². The molecule has 0 spiro atoms. The summed E-state index contributed by atoms with van der Waals surface area (Å²) in [6.07, 6.45) is 3.11. The number of nitrogens with zero attached hydrogens (tertiary/aromatic N) is 5. The molecule has 1 aromatic carbocycles. The van der Waals surface area contributed by atoms with Crippen LogP contribution in [0.2, 0.25) is 0 Å². The Balaban J connectivity index is 2.39. The Bertz CT molecular complexity index is 678. The molecule has 5 nitrogen and oxygen atoms in total. The number of aromatic nitrogens is 5. The third-order valence-electron chi connectivity index (χ3n) is 2.39. The van der Waals surface area contributed by atoms with E-state index >= 15 is 0 Å². The van der Waals surface area contributed by atoms with Crippen molar-refractivity contribution >= 4 is 26.8 Å². The monoisotopic (exact) mass is 289 g/mol. The van der Waals surface area contributed by atoms with Crippen LogP contribution in [0, 0.1) is 6.92 Å². The van der Waals surface area contributed by atoms with E-state index in [9.17, 15) is 0 Å². The molecule has 6 heteroatoms. The van der Waals surface area contributed by atoms with Gasteiger partial charge in [0.1, 0.15) is 18.5 Å². The molecule has 84 valence electrons. The standard InChI is InChI=1S/C11H8BrN5/c1-7-15-10-3-2-8(12)4-9(10)11(16-7)17-6-13-5-14-17/h2-6H,1H3. The van der Waals surface area contributed by atoms with Crippen LogP contribution in [-0.4, -0.2) is 24.7 Å². The van der Waals surface area contributed by atoms with Gasteiger partial charge in [-0.15, -0.1) is 0 Å². The molecule has 0 bridgehead atoms. The summed E-state index contributed by atoms with van der Waals surface area (Å²) >= 11 is 3.45. The maximum atomic E-state index is 4.41. The van der Waals surface area contributed by atoms with Crippen molar-refractivity contribution in [3.8, 4) is 5.82 Å². The van der Waals surface area contributed by atoms with E-state index in [1.54, 1.807) is 11.0 Å². The molecule has 0 aliphatic rings. The number of halogens is 1. The molecule has 2 heterocycles. The fraction of sp³-hybridized carbons (Fsp3) is 0.0909. The summed E-state index contributed by atoms with van der Waals surface area (Å²) in [7, 11) is 0. The van der Waals surface area contributed by atoms with Gasteiger partial charge in [-0.2, -0.15) is 5.10 Å². The predicted octanol–water partition coefficient (Wildman–Crippen LogP) is 2.28. The van der Waals surface area contributed by atoms with E-state index in [0.717, 1.165) is 21.2 Å². The zero-order chi connectivity index (χ0) is 11.8. The average molecular weight is 290 g/mol. The molecule has 0 unspecified atom stereocenters. The maximum Gasteiger partial charge on any atom is 0.166 e. The fourth-order valence-corrected chi connectivity index (χ4v) is 2.05. The predicted molar refractivity (Wildman–Crippen MR) is 66.9 cm³/mol. The highest BCUT2D eigenvalue weighted by atomic mass is 79.9. The van der Waals surface area contributed by atoms with E-state index in [-0.39, 0.29) is 0 Å².